The second-order valence-corrected chi connectivity index (χ2v) is 6.11. The van der Waals surface area contributed by atoms with Gasteiger partial charge < -0.3 is 14.4 Å². The van der Waals surface area contributed by atoms with Gasteiger partial charge in [0, 0.05) is 24.4 Å². The number of pyridine rings is 1. The van der Waals surface area contributed by atoms with Crippen LogP contribution in [-0.4, -0.2) is 41.1 Å². The van der Waals surface area contributed by atoms with E-state index in [1.54, 1.807) is 18.3 Å². The van der Waals surface area contributed by atoms with E-state index in [2.05, 4.69) is 4.98 Å². The zero-order valence-electron chi connectivity index (χ0n) is 14.0. The molecule has 0 aliphatic carbocycles. The minimum atomic E-state index is -0.00962. The number of carbonyl (C=O) groups is 1. The van der Waals surface area contributed by atoms with Crippen LogP contribution in [-0.2, 0) is 11.3 Å². The van der Waals surface area contributed by atoms with E-state index in [1.807, 2.05) is 49.1 Å². The summed E-state index contributed by atoms with van der Waals surface area (Å²) in [7, 11) is 0. The van der Waals surface area contributed by atoms with E-state index in [9.17, 15) is 4.79 Å². The number of benzene rings is 1. The summed E-state index contributed by atoms with van der Waals surface area (Å²) in [5.74, 6) is 0.447. The van der Waals surface area contributed by atoms with E-state index in [4.69, 9.17) is 9.47 Å². The molecule has 2 heterocycles. The first-order valence-corrected chi connectivity index (χ1v) is 8.19. The highest BCUT2D eigenvalue weighted by molar-refractivity contribution is 5.94. The lowest BCUT2D eigenvalue weighted by molar-refractivity contribution is -0.0387. The minimum Gasteiger partial charge on any atom is -0.473 e. The molecular formula is C19H22N2O3. The monoisotopic (exact) mass is 326 g/mol. The molecule has 1 aromatic carbocycles. The fourth-order valence-corrected chi connectivity index (χ4v) is 2.70. The summed E-state index contributed by atoms with van der Waals surface area (Å²) >= 11 is 0. The predicted molar refractivity (Wildman–Crippen MR) is 90.9 cm³/mol. The normalized spacial score (nSPS) is 20.7. The molecule has 126 valence electrons. The zero-order chi connectivity index (χ0) is 16.9. The molecule has 2 atom stereocenters. The summed E-state index contributed by atoms with van der Waals surface area (Å²) in [6.45, 7) is 5.57. The van der Waals surface area contributed by atoms with Crippen LogP contribution in [0.5, 0.6) is 5.88 Å². The number of ether oxygens (including phenoxy) is 2. The van der Waals surface area contributed by atoms with E-state index < -0.39 is 0 Å². The van der Waals surface area contributed by atoms with Gasteiger partial charge in [-0.05, 0) is 25.5 Å². The van der Waals surface area contributed by atoms with Crippen LogP contribution < -0.4 is 4.74 Å². The first kappa shape index (κ1) is 16.5. The topological polar surface area (TPSA) is 51.7 Å². The zero-order valence-corrected chi connectivity index (χ0v) is 14.0. The largest absolute Gasteiger partial charge is 0.473 e. The number of rotatable bonds is 4. The van der Waals surface area contributed by atoms with Gasteiger partial charge in [-0.25, -0.2) is 4.98 Å². The van der Waals surface area contributed by atoms with Gasteiger partial charge in [-0.15, -0.1) is 0 Å². The van der Waals surface area contributed by atoms with Crippen LogP contribution in [0.3, 0.4) is 0 Å². The van der Waals surface area contributed by atoms with Crippen LogP contribution in [0.25, 0.3) is 0 Å². The van der Waals surface area contributed by atoms with Crippen molar-refractivity contribution >= 4 is 5.91 Å². The van der Waals surface area contributed by atoms with E-state index in [-0.39, 0.29) is 18.1 Å². The standard InChI is InChI=1S/C19H22N2O3/c1-14-12-23-15(2)11-21(14)19(22)17-8-9-20-18(10-17)24-13-16-6-4-3-5-7-16/h3-10,14-15H,11-13H2,1-2H3/t14-,15+/m0/s1. The molecule has 1 aliphatic heterocycles. The van der Waals surface area contributed by atoms with Gasteiger partial charge in [0.2, 0.25) is 5.88 Å². The smallest absolute Gasteiger partial charge is 0.254 e. The van der Waals surface area contributed by atoms with Crippen molar-refractivity contribution in [2.45, 2.75) is 32.6 Å². The first-order chi connectivity index (χ1) is 11.6. The first-order valence-electron chi connectivity index (χ1n) is 8.19. The number of hydrogen-bond acceptors (Lipinski definition) is 4. The van der Waals surface area contributed by atoms with Crippen LogP contribution in [0, 0.1) is 0 Å². The molecule has 0 unspecified atom stereocenters. The average Bonchev–Trinajstić information content (AvgIpc) is 2.62. The van der Waals surface area contributed by atoms with Crippen molar-refractivity contribution in [2.75, 3.05) is 13.2 Å². The molecule has 5 nitrogen and oxygen atoms in total. The molecule has 1 aromatic heterocycles. The van der Waals surface area contributed by atoms with E-state index in [0.717, 1.165) is 5.56 Å². The Balaban J connectivity index is 1.69. The molecule has 0 radical (unpaired) electrons. The second-order valence-electron chi connectivity index (χ2n) is 6.11. The molecule has 1 saturated heterocycles. The maximum Gasteiger partial charge on any atom is 0.254 e. The molecule has 2 aromatic rings. The highest BCUT2D eigenvalue weighted by Gasteiger charge is 2.28. The van der Waals surface area contributed by atoms with Gasteiger partial charge >= 0.3 is 0 Å². The number of hydrogen-bond donors (Lipinski definition) is 0. The number of aromatic nitrogens is 1. The summed E-state index contributed by atoms with van der Waals surface area (Å²) in [5, 5.41) is 0. The lowest BCUT2D eigenvalue weighted by Gasteiger charge is -2.36. The summed E-state index contributed by atoms with van der Waals surface area (Å²) < 4.78 is 11.3. The third-order valence-corrected chi connectivity index (χ3v) is 4.08. The van der Waals surface area contributed by atoms with E-state index in [0.29, 0.717) is 31.2 Å². The van der Waals surface area contributed by atoms with Gasteiger partial charge in [-0.3, -0.25) is 4.79 Å². The molecule has 1 amide bonds. The molecule has 3 rings (SSSR count). The molecule has 0 spiro atoms. The van der Waals surface area contributed by atoms with Crippen LogP contribution in [0.4, 0.5) is 0 Å². The molecule has 0 bridgehead atoms. The van der Waals surface area contributed by atoms with Crippen molar-refractivity contribution in [3.63, 3.8) is 0 Å². The summed E-state index contributed by atoms with van der Waals surface area (Å²) in [5.41, 5.74) is 1.65. The number of nitrogens with zero attached hydrogens (tertiary/aromatic N) is 2. The van der Waals surface area contributed by atoms with Crippen LogP contribution in [0.2, 0.25) is 0 Å². The van der Waals surface area contributed by atoms with Gasteiger partial charge in [-0.2, -0.15) is 0 Å². The van der Waals surface area contributed by atoms with Crippen LogP contribution in [0.1, 0.15) is 29.8 Å². The van der Waals surface area contributed by atoms with Crippen molar-refractivity contribution < 1.29 is 14.3 Å². The lowest BCUT2D eigenvalue weighted by Crippen LogP contribution is -2.50. The number of morpholine rings is 1. The fourth-order valence-electron chi connectivity index (χ4n) is 2.70. The lowest BCUT2D eigenvalue weighted by atomic mass is 10.1. The fraction of sp³-hybridized carbons (Fsp3) is 0.368. The molecule has 1 fully saturated rings. The summed E-state index contributed by atoms with van der Waals surface area (Å²) in [6, 6.07) is 13.4. The Labute approximate surface area is 142 Å². The molecule has 0 saturated carbocycles. The molecule has 5 heteroatoms. The Bertz CT molecular complexity index is 690. The van der Waals surface area contributed by atoms with E-state index in [1.165, 1.54) is 0 Å². The van der Waals surface area contributed by atoms with Crippen molar-refractivity contribution in [3.8, 4) is 5.88 Å². The number of amides is 1. The predicted octanol–water partition coefficient (Wildman–Crippen LogP) is 2.91. The van der Waals surface area contributed by atoms with Crippen LogP contribution in [0.15, 0.2) is 48.7 Å². The molecule has 0 N–H and O–H groups in total. The van der Waals surface area contributed by atoms with Gasteiger partial charge in [0.1, 0.15) is 6.61 Å². The van der Waals surface area contributed by atoms with E-state index >= 15 is 0 Å². The van der Waals surface area contributed by atoms with Gasteiger partial charge in [0.05, 0.1) is 18.8 Å². The Morgan fingerprint density at radius 1 is 1.29 bits per heavy atom. The Hall–Kier alpha value is -2.40. The Morgan fingerprint density at radius 3 is 2.88 bits per heavy atom. The SMILES string of the molecule is C[C@@H]1CN(C(=O)c2ccnc(OCc3ccccc3)c2)[C@@H](C)CO1. The van der Waals surface area contributed by atoms with Crippen LogP contribution >= 0.6 is 0 Å². The van der Waals surface area contributed by atoms with Gasteiger partial charge in [0.25, 0.3) is 5.91 Å². The average molecular weight is 326 g/mol. The maximum atomic E-state index is 12.8. The summed E-state index contributed by atoms with van der Waals surface area (Å²) in [6.07, 6.45) is 1.67. The quantitative estimate of drug-likeness (QED) is 0.867. The van der Waals surface area contributed by atoms with Crippen molar-refractivity contribution in [1.29, 1.82) is 0 Å². The van der Waals surface area contributed by atoms with Crippen molar-refractivity contribution in [3.05, 3.63) is 59.8 Å². The second kappa shape index (κ2) is 7.45. The minimum absolute atomic E-state index is 0.00962. The Morgan fingerprint density at radius 2 is 2.08 bits per heavy atom. The maximum absolute atomic E-state index is 12.8. The highest BCUT2D eigenvalue weighted by Crippen LogP contribution is 2.18. The third kappa shape index (κ3) is 3.92. The summed E-state index contributed by atoms with van der Waals surface area (Å²) in [4.78, 5) is 18.8. The third-order valence-electron chi connectivity index (χ3n) is 4.08. The van der Waals surface area contributed by atoms with Crippen molar-refractivity contribution in [2.24, 2.45) is 0 Å². The van der Waals surface area contributed by atoms with Crippen molar-refractivity contribution in [1.82, 2.24) is 9.88 Å². The van der Waals surface area contributed by atoms with Gasteiger partial charge in [0.15, 0.2) is 0 Å². The highest BCUT2D eigenvalue weighted by atomic mass is 16.5. The molecule has 1 aliphatic rings. The van der Waals surface area contributed by atoms with Gasteiger partial charge in [-0.1, -0.05) is 30.3 Å². The molecular weight excluding hydrogens is 304 g/mol. The number of carbonyl (C=O) groups excluding carboxylic acids is 1. The molecule has 24 heavy (non-hydrogen) atoms. The Kier molecular flexibility index (Phi) is 5.11.